The number of phenols is 2. The van der Waals surface area contributed by atoms with Gasteiger partial charge in [-0.2, -0.15) is 0 Å². The fourth-order valence-electron chi connectivity index (χ4n) is 3.42. The maximum absolute atomic E-state index is 12.5. The minimum atomic E-state index is -0.274. The molecule has 0 saturated carbocycles. The van der Waals surface area contributed by atoms with E-state index in [-0.39, 0.29) is 22.8 Å². The summed E-state index contributed by atoms with van der Waals surface area (Å²) in [4.78, 5) is 26.2. The van der Waals surface area contributed by atoms with Gasteiger partial charge in [0.05, 0.1) is 12.8 Å². The lowest BCUT2D eigenvalue weighted by Gasteiger charge is -2.28. The lowest BCUT2D eigenvalue weighted by atomic mass is 10.0. The van der Waals surface area contributed by atoms with Gasteiger partial charge in [0.25, 0.3) is 5.56 Å². The molecule has 0 saturated heterocycles. The zero-order valence-electron chi connectivity index (χ0n) is 15.3. The van der Waals surface area contributed by atoms with E-state index < -0.39 is 0 Å². The topological polar surface area (TPSA) is 112 Å². The van der Waals surface area contributed by atoms with Crippen LogP contribution in [0.1, 0.15) is 16.8 Å². The molecule has 8 heteroatoms. The minimum absolute atomic E-state index is 0.118. The fourth-order valence-corrected chi connectivity index (χ4v) is 3.42. The minimum Gasteiger partial charge on any atom is -0.504 e. The molecule has 3 N–H and O–H groups in total. The molecule has 28 heavy (non-hydrogen) atoms. The highest BCUT2D eigenvalue weighted by atomic mass is 16.5. The average Bonchev–Trinajstić information content (AvgIpc) is 2.71. The number of methoxy groups -OCH3 is 1. The number of aromatic hydroxyl groups is 2. The van der Waals surface area contributed by atoms with Crippen molar-refractivity contribution in [3.05, 3.63) is 63.8 Å². The van der Waals surface area contributed by atoms with E-state index in [0.29, 0.717) is 37.4 Å². The number of ether oxygens (including phenoxy) is 1. The maximum atomic E-state index is 12.5. The summed E-state index contributed by atoms with van der Waals surface area (Å²) in [6, 6.07) is 6.85. The SMILES string of the molecule is COc1cc(CN2CCc3c(nc(-c4cccnc4)[nH]c3=O)C2)cc(O)c1O. The molecule has 0 unspecified atom stereocenters. The molecule has 0 amide bonds. The number of fused-ring (bicyclic) bond motifs is 1. The smallest absolute Gasteiger partial charge is 0.254 e. The monoisotopic (exact) mass is 380 g/mol. The molecule has 3 aromatic rings. The highest BCUT2D eigenvalue weighted by molar-refractivity contribution is 5.53. The second-order valence-electron chi connectivity index (χ2n) is 6.71. The largest absolute Gasteiger partial charge is 0.504 e. The van der Waals surface area contributed by atoms with Crippen molar-refractivity contribution in [2.45, 2.75) is 19.5 Å². The van der Waals surface area contributed by atoms with Gasteiger partial charge in [-0.15, -0.1) is 0 Å². The number of aromatic nitrogens is 3. The molecule has 1 aliphatic heterocycles. The molecule has 4 rings (SSSR count). The summed E-state index contributed by atoms with van der Waals surface area (Å²) in [5.74, 6) is 0.230. The van der Waals surface area contributed by atoms with Crippen LogP contribution in [0.4, 0.5) is 0 Å². The highest BCUT2D eigenvalue weighted by Crippen LogP contribution is 2.36. The van der Waals surface area contributed by atoms with Crippen LogP contribution >= 0.6 is 0 Å². The molecule has 0 spiro atoms. The van der Waals surface area contributed by atoms with Crippen molar-refractivity contribution >= 4 is 0 Å². The predicted octanol–water partition coefficient (Wildman–Crippen LogP) is 1.81. The van der Waals surface area contributed by atoms with E-state index in [9.17, 15) is 15.0 Å². The molecule has 0 fully saturated rings. The standard InChI is InChI=1S/C20H20N4O4/c1-28-17-8-12(7-16(25)18(17)26)10-24-6-4-14-15(11-24)22-19(23-20(14)27)13-3-2-5-21-9-13/h2-3,5,7-9,25-26H,4,6,10-11H2,1H3,(H,22,23,27). The summed E-state index contributed by atoms with van der Waals surface area (Å²) in [5.41, 5.74) is 2.88. The summed E-state index contributed by atoms with van der Waals surface area (Å²) in [7, 11) is 1.44. The quantitative estimate of drug-likeness (QED) is 0.592. The van der Waals surface area contributed by atoms with E-state index in [1.807, 2.05) is 6.07 Å². The van der Waals surface area contributed by atoms with Gasteiger partial charge in [0, 0.05) is 43.2 Å². The molecule has 0 radical (unpaired) electrons. The summed E-state index contributed by atoms with van der Waals surface area (Å²) in [5, 5.41) is 19.7. The Morgan fingerprint density at radius 2 is 2.18 bits per heavy atom. The number of hydrogen-bond donors (Lipinski definition) is 3. The Kier molecular flexibility index (Phi) is 4.70. The van der Waals surface area contributed by atoms with E-state index >= 15 is 0 Å². The Labute approximate surface area is 161 Å². The Bertz CT molecular complexity index is 1070. The first-order valence-corrected chi connectivity index (χ1v) is 8.89. The van der Waals surface area contributed by atoms with Crippen LogP contribution in [0.25, 0.3) is 11.4 Å². The number of nitrogens with one attached hydrogen (secondary N) is 1. The van der Waals surface area contributed by atoms with E-state index in [1.165, 1.54) is 13.2 Å². The maximum Gasteiger partial charge on any atom is 0.254 e. The normalized spacial score (nSPS) is 13.9. The lowest BCUT2D eigenvalue weighted by Crippen LogP contribution is -2.35. The first-order valence-electron chi connectivity index (χ1n) is 8.89. The molecule has 2 aromatic heterocycles. The molecule has 144 valence electrons. The molecular weight excluding hydrogens is 360 g/mol. The average molecular weight is 380 g/mol. The van der Waals surface area contributed by atoms with E-state index in [4.69, 9.17) is 4.74 Å². The third-order valence-electron chi connectivity index (χ3n) is 4.83. The summed E-state index contributed by atoms with van der Waals surface area (Å²) < 4.78 is 5.10. The van der Waals surface area contributed by atoms with Crippen LogP contribution in [0.2, 0.25) is 0 Å². The zero-order chi connectivity index (χ0) is 19.7. The van der Waals surface area contributed by atoms with Gasteiger partial charge < -0.3 is 19.9 Å². The van der Waals surface area contributed by atoms with Crippen LogP contribution in [-0.2, 0) is 19.5 Å². The Balaban J connectivity index is 1.60. The van der Waals surface area contributed by atoms with Crippen LogP contribution < -0.4 is 10.3 Å². The first kappa shape index (κ1) is 18.0. The highest BCUT2D eigenvalue weighted by Gasteiger charge is 2.22. The Hall–Kier alpha value is -3.39. The summed E-state index contributed by atoms with van der Waals surface area (Å²) >= 11 is 0. The van der Waals surface area contributed by atoms with E-state index in [2.05, 4.69) is 19.9 Å². The Morgan fingerprint density at radius 1 is 1.32 bits per heavy atom. The van der Waals surface area contributed by atoms with Gasteiger partial charge in [-0.05, 0) is 36.2 Å². The number of hydrogen-bond acceptors (Lipinski definition) is 7. The van der Waals surface area contributed by atoms with Crippen molar-refractivity contribution in [2.75, 3.05) is 13.7 Å². The molecular formula is C20H20N4O4. The second-order valence-corrected chi connectivity index (χ2v) is 6.71. The summed E-state index contributed by atoms with van der Waals surface area (Å²) in [6.07, 6.45) is 3.92. The lowest BCUT2D eigenvalue weighted by molar-refractivity contribution is 0.239. The van der Waals surface area contributed by atoms with E-state index in [1.54, 1.807) is 24.5 Å². The second kappa shape index (κ2) is 7.32. The number of rotatable bonds is 4. The van der Waals surface area contributed by atoms with Gasteiger partial charge in [-0.1, -0.05) is 0 Å². The molecule has 3 heterocycles. The van der Waals surface area contributed by atoms with Gasteiger partial charge in [0.2, 0.25) is 5.75 Å². The molecule has 0 aliphatic carbocycles. The molecule has 0 atom stereocenters. The summed E-state index contributed by atoms with van der Waals surface area (Å²) in [6.45, 7) is 1.73. The number of nitrogens with zero attached hydrogens (tertiary/aromatic N) is 3. The number of aromatic amines is 1. The third-order valence-corrected chi connectivity index (χ3v) is 4.83. The molecule has 1 aromatic carbocycles. The number of phenolic OH excluding ortho intramolecular Hbond substituents is 2. The van der Waals surface area contributed by atoms with Crippen molar-refractivity contribution in [3.63, 3.8) is 0 Å². The van der Waals surface area contributed by atoms with Gasteiger partial charge in [-0.3, -0.25) is 14.7 Å². The van der Waals surface area contributed by atoms with Crippen LogP contribution in [-0.4, -0.2) is 43.7 Å². The van der Waals surface area contributed by atoms with Crippen LogP contribution in [0.5, 0.6) is 17.2 Å². The van der Waals surface area contributed by atoms with Gasteiger partial charge >= 0.3 is 0 Å². The van der Waals surface area contributed by atoms with Crippen LogP contribution in [0, 0.1) is 0 Å². The number of benzene rings is 1. The van der Waals surface area contributed by atoms with Crippen molar-refractivity contribution in [3.8, 4) is 28.6 Å². The number of pyridine rings is 1. The molecule has 1 aliphatic rings. The van der Waals surface area contributed by atoms with Crippen molar-refractivity contribution in [1.29, 1.82) is 0 Å². The van der Waals surface area contributed by atoms with E-state index in [0.717, 1.165) is 16.8 Å². The third kappa shape index (κ3) is 3.41. The first-order chi connectivity index (χ1) is 13.5. The van der Waals surface area contributed by atoms with Gasteiger partial charge in [-0.25, -0.2) is 4.98 Å². The van der Waals surface area contributed by atoms with Crippen LogP contribution in [0.15, 0.2) is 41.5 Å². The van der Waals surface area contributed by atoms with Crippen LogP contribution in [0.3, 0.4) is 0 Å². The predicted molar refractivity (Wildman–Crippen MR) is 102 cm³/mol. The van der Waals surface area contributed by atoms with Gasteiger partial charge in [0.15, 0.2) is 11.5 Å². The van der Waals surface area contributed by atoms with Crippen molar-refractivity contribution in [1.82, 2.24) is 19.9 Å². The van der Waals surface area contributed by atoms with Crippen molar-refractivity contribution < 1.29 is 14.9 Å². The molecule has 8 nitrogen and oxygen atoms in total. The Morgan fingerprint density at radius 3 is 2.93 bits per heavy atom. The zero-order valence-corrected chi connectivity index (χ0v) is 15.3. The fraction of sp³-hybridized carbons (Fsp3) is 0.250. The number of H-pyrrole nitrogens is 1. The van der Waals surface area contributed by atoms with Gasteiger partial charge in [0.1, 0.15) is 5.82 Å². The molecule has 0 bridgehead atoms. The van der Waals surface area contributed by atoms with Crippen molar-refractivity contribution in [2.24, 2.45) is 0 Å².